The van der Waals surface area contributed by atoms with E-state index in [1.54, 1.807) is 0 Å². The summed E-state index contributed by atoms with van der Waals surface area (Å²) >= 11 is 0. The number of benzene rings is 1. The molecule has 1 aromatic heterocycles. The minimum Gasteiger partial charge on any atom is -0.488 e. The molecule has 2 N–H and O–H groups in total. The van der Waals surface area contributed by atoms with Gasteiger partial charge in [0.25, 0.3) is 0 Å². The number of fused-ring (bicyclic) bond motifs is 1. The van der Waals surface area contributed by atoms with Crippen molar-refractivity contribution in [3.05, 3.63) is 53.7 Å². The summed E-state index contributed by atoms with van der Waals surface area (Å²) in [5.41, 5.74) is 2.37. The van der Waals surface area contributed by atoms with Gasteiger partial charge in [0.05, 0.1) is 13.1 Å². The highest BCUT2D eigenvalue weighted by molar-refractivity contribution is 5.79. The number of pyridine rings is 1. The van der Waals surface area contributed by atoms with Crippen molar-refractivity contribution < 1.29 is 4.74 Å². The zero-order valence-electron chi connectivity index (χ0n) is 17.1. The molecule has 0 saturated carbocycles. The van der Waals surface area contributed by atoms with Crippen molar-refractivity contribution in [3.63, 3.8) is 0 Å². The van der Waals surface area contributed by atoms with Crippen LogP contribution in [0.4, 0.5) is 5.82 Å². The van der Waals surface area contributed by atoms with Gasteiger partial charge in [-0.25, -0.2) is 9.98 Å². The molecule has 1 aliphatic rings. The van der Waals surface area contributed by atoms with Crippen LogP contribution in [0.2, 0.25) is 0 Å². The van der Waals surface area contributed by atoms with Gasteiger partial charge in [-0.3, -0.25) is 0 Å². The molecule has 0 fully saturated rings. The van der Waals surface area contributed by atoms with E-state index in [9.17, 15) is 0 Å². The molecule has 6 nitrogen and oxygen atoms in total. The van der Waals surface area contributed by atoms with Gasteiger partial charge in [-0.05, 0) is 44.0 Å². The van der Waals surface area contributed by atoms with Crippen LogP contribution >= 0.6 is 0 Å². The van der Waals surface area contributed by atoms with Gasteiger partial charge in [0.15, 0.2) is 5.96 Å². The molecule has 3 rings (SSSR count). The Morgan fingerprint density at radius 2 is 1.96 bits per heavy atom. The van der Waals surface area contributed by atoms with Crippen LogP contribution in [0.1, 0.15) is 31.9 Å². The summed E-state index contributed by atoms with van der Waals surface area (Å²) in [5.74, 6) is 2.81. The van der Waals surface area contributed by atoms with Gasteiger partial charge < -0.3 is 20.3 Å². The Balaban J connectivity index is 1.54. The van der Waals surface area contributed by atoms with E-state index >= 15 is 0 Å². The second-order valence-electron chi connectivity index (χ2n) is 6.82. The van der Waals surface area contributed by atoms with Crippen LogP contribution in [0.15, 0.2) is 47.6 Å². The monoisotopic (exact) mass is 381 g/mol. The van der Waals surface area contributed by atoms with Crippen LogP contribution in [0.5, 0.6) is 5.75 Å². The zero-order chi connectivity index (χ0) is 19.8. The minimum absolute atomic E-state index is 0.135. The van der Waals surface area contributed by atoms with Gasteiger partial charge in [0, 0.05) is 32.3 Å². The summed E-state index contributed by atoms with van der Waals surface area (Å²) in [4.78, 5) is 11.5. The van der Waals surface area contributed by atoms with E-state index in [-0.39, 0.29) is 6.10 Å². The molecule has 0 aliphatic carbocycles. The Morgan fingerprint density at radius 3 is 2.64 bits per heavy atom. The quantitative estimate of drug-likeness (QED) is 0.544. The van der Waals surface area contributed by atoms with Crippen molar-refractivity contribution in [1.82, 2.24) is 15.6 Å². The molecular formula is C22H31N5O. The van der Waals surface area contributed by atoms with Gasteiger partial charge in [0.2, 0.25) is 0 Å². The van der Waals surface area contributed by atoms with Crippen LogP contribution in [-0.4, -0.2) is 43.2 Å². The van der Waals surface area contributed by atoms with Gasteiger partial charge in [-0.15, -0.1) is 0 Å². The molecule has 6 heteroatoms. The molecule has 2 aromatic rings. The number of aliphatic imine (C=N–C) groups is 1. The van der Waals surface area contributed by atoms with Crippen LogP contribution in [0.25, 0.3) is 0 Å². The van der Waals surface area contributed by atoms with Gasteiger partial charge in [-0.2, -0.15) is 0 Å². The van der Waals surface area contributed by atoms with Crippen molar-refractivity contribution in [2.75, 3.05) is 31.1 Å². The first-order chi connectivity index (χ1) is 13.7. The van der Waals surface area contributed by atoms with Crippen molar-refractivity contribution in [2.24, 2.45) is 4.99 Å². The van der Waals surface area contributed by atoms with E-state index in [1.807, 2.05) is 18.3 Å². The average molecular weight is 382 g/mol. The third-order valence-electron chi connectivity index (χ3n) is 4.87. The number of anilines is 1. The average Bonchev–Trinajstić information content (AvgIpc) is 3.15. The number of rotatable bonds is 8. The molecule has 1 atom stereocenters. The first-order valence-corrected chi connectivity index (χ1v) is 10.2. The summed E-state index contributed by atoms with van der Waals surface area (Å²) in [6.07, 6.45) is 2.98. The number of para-hydroxylation sites is 1. The third-order valence-corrected chi connectivity index (χ3v) is 4.87. The molecule has 0 spiro atoms. The Kier molecular flexibility index (Phi) is 7.12. The summed E-state index contributed by atoms with van der Waals surface area (Å²) in [5, 5.41) is 6.70. The number of hydrogen-bond donors (Lipinski definition) is 2. The maximum absolute atomic E-state index is 6.00. The van der Waals surface area contributed by atoms with Crippen LogP contribution in [-0.2, 0) is 13.0 Å². The molecule has 0 saturated heterocycles. The van der Waals surface area contributed by atoms with E-state index in [4.69, 9.17) is 9.73 Å². The standard InChI is InChI=1S/C22H31N5O/c1-4-23-22(26-16-19-13-18-9-7-8-10-20(18)28-19)25-15-17-11-12-21(24-14-17)27(5-2)6-3/h7-12,14,19H,4-6,13,15-16H2,1-3H3,(H2,23,25,26). The van der Waals surface area contributed by atoms with Gasteiger partial charge in [0.1, 0.15) is 17.7 Å². The Labute approximate surface area is 168 Å². The maximum Gasteiger partial charge on any atom is 0.191 e. The first-order valence-electron chi connectivity index (χ1n) is 10.2. The number of ether oxygens (including phenoxy) is 1. The minimum atomic E-state index is 0.135. The maximum atomic E-state index is 6.00. The summed E-state index contributed by atoms with van der Waals surface area (Å²) in [6.45, 7) is 10.4. The van der Waals surface area contributed by atoms with Crippen LogP contribution < -0.4 is 20.3 Å². The highest BCUT2D eigenvalue weighted by Crippen LogP contribution is 2.27. The molecule has 0 amide bonds. The smallest absolute Gasteiger partial charge is 0.191 e. The number of nitrogens with one attached hydrogen (secondary N) is 2. The summed E-state index contributed by atoms with van der Waals surface area (Å²) in [7, 11) is 0. The molecule has 2 heterocycles. The molecule has 1 unspecified atom stereocenters. The fourth-order valence-electron chi connectivity index (χ4n) is 3.34. The highest BCUT2D eigenvalue weighted by atomic mass is 16.5. The molecule has 0 bridgehead atoms. The Bertz CT molecular complexity index is 746. The second-order valence-corrected chi connectivity index (χ2v) is 6.82. The zero-order valence-corrected chi connectivity index (χ0v) is 17.1. The van der Waals surface area contributed by atoms with Crippen molar-refractivity contribution in [2.45, 2.75) is 39.8 Å². The molecule has 150 valence electrons. The molecule has 28 heavy (non-hydrogen) atoms. The lowest BCUT2D eigenvalue weighted by atomic mass is 10.1. The number of aromatic nitrogens is 1. The SMILES string of the molecule is CCNC(=NCc1ccc(N(CC)CC)nc1)NCC1Cc2ccccc2O1. The predicted octanol–water partition coefficient (Wildman–Crippen LogP) is 2.99. The van der Waals surface area contributed by atoms with Crippen molar-refractivity contribution in [1.29, 1.82) is 0 Å². The molecule has 1 aromatic carbocycles. The van der Waals surface area contributed by atoms with Crippen molar-refractivity contribution >= 4 is 11.8 Å². The summed E-state index contributed by atoms with van der Waals surface area (Å²) < 4.78 is 6.00. The van der Waals surface area contributed by atoms with E-state index in [0.717, 1.165) is 55.7 Å². The van der Waals surface area contributed by atoms with Gasteiger partial charge in [-0.1, -0.05) is 24.3 Å². The first kappa shape index (κ1) is 20.0. The molecule has 0 radical (unpaired) electrons. The molecule has 1 aliphatic heterocycles. The van der Waals surface area contributed by atoms with E-state index in [1.165, 1.54) is 5.56 Å². The topological polar surface area (TPSA) is 61.8 Å². The lowest BCUT2D eigenvalue weighted by molar-refractivity contribution is 0.235. The predicted molar refractivity (Wildman–Crippen MR) is 115 cm³/mol. The Hall–Kier alpha value is -2.76. The largest absolute Gasteiger partial charge is 0.488 e. The normalized spacial score (nSPS) is 15.7. The van der Waals surface area contributed by atoms with E-state index in [2.05, 4.69) is 65.6 Å². The lowest BCUT2D eigenvalue weighted by Gasteiger charge is -2.19. The third kappa shape index (κ3) is 5.15. The fraction of sp³-hybridized carbons (Fsp3) is 0.455. The Morgan fingerprint density at radius 1 is 1.14 bits per heavy atom. The van der Waals surface area contributed by atoms with E-state index in [0.29, 0.717) is 6.54 Å². The second kappa shape index (κ2) is 9.97. The van der Waals surface area contributed by atoms with Crippen molar-refractivity contribution in [3.8, 4) is 5.75 Å². The van der Waals surface area contributed by atoms with Crippen LogP contribution in [0, 0.1) is 0 Å². The van der Waals surface area contributed by atoms with Gasteiger partial charge >= 0.3 is 0 Å². The van der Waals surface area contributed by atoms with Crippen LogP contribution in [0.3, 0.4) is 0 Å². The summed E-state index contributed by atoms with van der Waals surface area (Å²) in [6, 6.07) is 12.4. The van der Waals surface area contributed by atoms with E-state index < -0.39 is 0 Å². The highest BCUT2D eigenvalue weighted by Gasteiger charge is 2.22. The number of nitrogens with zero attached hydrogens (tertiary/aromatic N) is 3. The number of guanidine groups is 1. The lowest BCUT2D eigenvalue weighted by Crippen LogP contribution is -2.42. The number of hydrogen-bond acceptors (Lipinski definition) is 4. The fourth-order valence-corrected chi connectivity index (χ4v) is 3.34. The molecular weight excluding hydrogens is 350 g/mol.